The lowest BCUT2D eigenvalue weighted by Crippen LogP contribution is -2.01. The zero-order chi connectivity index (χ0) is 12.8. The largest absolute Gasteiger partial charge is 0.466 e. The van der Waals surface area contributed by atoms with Gasteiger partial charge in [0.05, 0.1) is 13.0 Å². The maximum Gasteiger partial charge on any atom is 0.309 e. The van der Waals surface area contributed by atoms with Gasteiger partial charge in [0, 0.05) is 10.7 Å². The summed E-state index contributed by atoms with van der Waals surface area (Å²) >= 11 is 6.03. The highest BCUT2D eigenvalue weighted by atomic mass is 35.5. The number of nitrogens with two attached hydrogens (primary N) is 1. The third kappa shape index (κ3) is 4.11. The molecule has 92 valence electrons. The predicted octanol–water partition coefficient (Wildman–Crippen LogP) is 3.20. The Hall–Kier alpha value is -1.48. The second-order valence-electron chi connectivity index (χ2n) is 3.64. The average Bonchev–Trinajstić information content (AvgIpc) is 2.26. The molecule has 0 saturated carbocycles. The number of benzene rings is 1. The van der Waals surface area contributed by atoms with Crippen LogP contribution in [0, 0.1) is 6.92 Å². The van der Waals surface area contributed by atoms with E-state index in [-0.39, 0.29) is 12.4 Å². The summed E-state index contributed by atoms with van der Waals surface area (Å²) in [6.45, 7) is 4.09. The van der Waals surface area contributed by atoms with E-state index in [9.17, 15) is 4.79 Å². The molecule has 0 spiro atoms. The molecule has 0 bridgehead atoms. The Bertz CT molecular complexity index is 441. The molecule has 1 aromatic carbocycles. The third-order valence-corrected chi connectivity index (χ3v) is 2.60. The molecule has 1 rings (SSSR count). The zero-order valence-corrected chi connectivity index (χ0v) is 10.8. The number of hydrogen-bond acceptors (Lipinski definition) is 3. The van der Waals surface area contributed by atoms with E-state index in [4.69, 9.17) is 22.1 Å². The van der Waals surface area contributed by atoms with Gasteiger partial charge in [0.25, 0.3) is 0 Å². The van der Waals surface area contributed by atoms with Gasteiger partial charge in [-0.15, -0.1) is 0 Å². The maximum atomic E-state index is 11.1. The molecule has 0 heterocycles. The Labute approximate surface area is 106 Å². The van der Waals surface area contributed by atoms with Crippen LogP contribution in [0.15, 0.2) is 18.2 Å². The average molecular weight is 254 g/mol. The monoisotopic (exact) mass is 253 g/mol. The second-order valence-corrected chi connectivity index (χ2v) is 4.05. The van der Waals surface area contributed by atoms with Crippen molar-refractivity contribution in [2.24, 2.45) is 0 Å². The fraction of sp³-hybridized carbons (Fsp3) is 0.308. The van der Waals surface area contributed by atoms with Crippen molar-refractivity contribution in [2.75, 3.05) is 12.3 Å². The SMILES string of the molecule is CCOC(=O)CC=Cc1cc(C)c(N)cc1Cl. The lowest BCUT2D eigenvalue weighted by Gasteiger charge is -2.04. The minimum atomic E-state index is -0.243. The molecule has 0 aliphatic carbocycles. The molecule has 1 aromatic rings. The highest BCUT2D eigenvalue weighted by Gasteiger charge is 2.02. The van der Waals surface area contributed by atoms with Gasteiger partial charge in [0.2, 0.25) is 0 Å². The number of esters is 1. The Balaban J connectivity index is 2.71. The molecule has 0 aromatic heterocycles. The van der Waals surface area contributed by atoms with E-state index in [0.717, 1.165) is 11.1 Å². The molecule has 0 fully saturated rings. The molecule has 0 radical (unpaired) electrons. The van der Waals surface area contributed by atoms with Crippen LogP contribution in [0.3, 0.4) is 0 Å². The first kappa shape index (κ1) is 13.6. The summed E-state index contributed by atoms with van der Waals surface area (Å²) < 4.78 is 4.81. The molecule has 0 aliphatic heterocycles. The van der Waals surface area contributed by atoms with E-state index < -0.39 is 0 Å². The fourth-order valence-corrected chi connectivity index (χ4v) is 1.58. The predicted molar refractivity (Wildman–Crippen MR) is 70.9 cm³/mol. The van der Waals surface area contributed by atoms with E-state index in [1.807, 2.05) is 13.0 Å². The van der Waals surface area contributed by atoms with Crippen molar-refractivity contribution in [1.29, 1.82) is 0 Å². The van der Waals surface area contributed by atoms with Crippen LogP contribution >= 0.6 is 11.6 Å². The molecule has 17 heavy (non-hydrogen) atoms. The van der Waals surface area contributed by atoms with Gasteiger partial charge in [-0.3, -0.25) is 4.79 Å². The summed E-state index contributed by atoms with van der Waals surface area (Å²) in [7, 11) is 0. The Morgan fingerprint density at radius 3 is 2.88 bits per heavy atom. The highest BCUT2D eigenvalue weighted by Crippen LogP contribution is 2.24. The van der Waals surface area contributed by atoms with E-state index in [1.165, 1.54) is 0 Å². The summed E-state index contributed by atoms with van der Waals surface area (Å²) in [4.78, 5) is 11.1. The molecular weight excluding hydrogens is 238 g/mol. The van der Waals surface area contributed by atoms with E-state index in [0.29, 0.717) is 17.3 Å². The summed E-state index contributed by atoms with van der Waals surface area (Å²) in [5.41, 5.74) is 8.20. The second kappa shape index (κ2) is 6.30. The first-order valence-electron chi connectivity index (χ1n) is 5.42. The lowest BCUT2D eigenvalue weighted by molar-refractivity contribution is -0.142. The number of halogens is 1. The number of hydrogen-bond donors (Lipinski definition) is 1. The lowest BCUT2D eigenvalue weighted by atomic mass is 10.1. The molecular formula is C13H16ClNO2. The van der Waals surface area contributed by atoms with Crippen molar-refractivity contribution < 1.29 is 9.53 Å². The number of rotatable bonds is 4. The molecule has 0 atom stereocenters. The summed E-state index contributed by atoms with van der Waals surface area (Å²) in [6.07, 6.45) is 3.77. The number of ether oxygens (including phenoxy) is 1. The van der Waals surface area contributed by atoms with Crippen LogP contribution in [0.2, 0.25) is 5.02 Å². The Morgan fingerprint density at radius 1 is 1.53 bits per heavy atom. The van der Waals surface area contributed by atoms with Crippen LogP contribution in [0.5, 0.6) is 0 Å². The molecule has 3 nitrogen and oxygen atoms in total. The standard InChI is InChI=1S/C13H16ClNO2/c1-3-17-13(16)6-4-5-10-7-9(2)12(15)8-11(10)14/h4-5,7-8H,3,6,15H2,1-2H3. The fourth-order valence-electron chi connectivity index (χ4n) is 1.35. The summed E-state index contributed by atoms with van der Waals surface area (Å²) in [6, 6.07) is 3.60. The first-order chi connectivity index (χ1) is 8.04. The van der Waals surface area contributed by atoms with Crippen molar-refractivity contribution in [2.45, 2.75) is 20.3 Å². The van der Waals surface area contributed by atoms with Gasteiger partial charge in [-0.05, 0) is 37.1 Å². The number of anilines is 1. The number of aryl methyl sites for hydroxylation is 1. The minimum absolute atomic E-state index is 0.243. The van der Waals surface area contributed by atoms with Crippen LogP contribution in [0.1, 0.15) is 24.5 Å². The van der Waals surface area contributed by atoms with E-state index >= 15 is 0 Å². The van der Waals surface area contributed by atoms with Crippen molar-refractivity contribution in [3.63, 3.8) is 0 Å². The Kier molecular flexibility index (Phi) is 5.04. The molecule has 0 amide bonds. The van der Waals surface area contributed by atoms with Crippen molar-refractivity contribution in [1.82, 2.24) is 0 Å². The van der Waals surface area contributed by atoms with Crippen LogP contribution in [0.25, 0.3) is 6.08 Å². The molecule has 2 N–H and O–H groups in total. The van der Waals surface area contributed by atoms with Crippen molar-refractivity contribution in [3.05, 3.63) is 34.4 Å². The van der Waals surface area contributed by atoms with Crippen LogP contribution < -0.4 is 5.73 Å². The molecule has 4 heteroatoms. The normalized spacial score (nSPS) is 10.8. The van der Waals surface area contributed by atoms with Gasteiger partial charge >= 0.3 is 5.97 Å². The summed E-state index contributed by atoms with van der Waals surface area (Å²) in [5, 5.41) is 0.577. The van der Waals surface area contributed by atoms with Gasteiger partial charge < -0.3 is 10.5 Å². The molecule has 0 unspecified atom stereocenters. The molecule has 0 aliphatic rings. The van der Waals surface area contributed by atoms with Crippen molar-refractivity contribution >= 4 is 29.3 Å². The minimum Gasteiger partial charge on any atom is -0.466 e. The first-order valence-corrected chi connectivity index (χ1v) is 5.80. The number of carbonyl (C=O) groups excluding carboxylic acids is 1. The van der Waals surface area contributed by atoms with E-state index in [1.54, 1.807) is 25.1 Å². The van der Waals surface area contributed by atoms with Gasteiger partial charge in [-0.1, -0.05) is 23.8 Å². The zero-order valence-electron chi connectivity index (χ0n) is 10.00. The van der Waals surface area contributed by atoms with Gasteiger partial charge in [0.1, 0.15) is 0 Å². The summed E-state index contributed by atoms with van der Waals surface area (Å²) in [5.74, 6) is -0.243. The smallest absolute Gasteiger partial charge is 0.309 e. The Morgan fingerprint density at radius 2 is 2.24 bits per heavy atom. The maximum absolute atomic E-state index is 11.1. The molecule has 0 saturated heterocycles. The quantitative estimate of drug-likeness (QED) is 0.662. The highest BCUT2D eigenvalue weighted by molar-refractivity contribution is 6.32. The van der Waals surface area contributed by atoms with Crippen LogP contribution in [0.4, 0.5) is 5.69 Å². The third-order valence-electron chi connectivity index (χ3n) is 2.27. The van der Waals surface area contributed by atoms with Gasteiger partial charge in [-0.25, -0.2) is 0 Å². The number of nitrogen functional groups attached to an aromatic ring is 1. The topological polar surface area (TPSA) is 52.3 Å². The van der Waals surface area contributed by atoms with E-state index in [2.05, 4.69) is 0 Å². The van der Waals surface area contributed by atoms with Crippen LogP contribution in [-0.2, 0) is 9.53 Å². The van der Waals surface area contributed by atoms with Gasteiger partial charge in [0.15, 0.2) is 0 Å². The van der Waals surface area contributed by atoms with Gasteiger partial charge in [-0.2, -0.15) is 0 Å². The van der Waals surface area contributed by atoms with Crippen LogP contribution in [-0.4, -0.2) is 12.6 Å². The van der Waals surface area contributed by atoms with Crippen molar-refractivity contribution in [3.8, 4) is 0 Å². The number of carbonyl (C=O) groups is 1.